The molecule has 0 spiro atoms. The number of hydrogen-bond donors (Lipinski definition) is 0. The van der Waals surface area contributed by atoms with E-state index in [0.29, 0.717) is 23.3 Å². The van der Waals surface area contributed by atoms with Gasteiger partial charge in [0.15, 0.2) is 5.78 Å². The van der Waals surface area contributed by atoms with Crippen LogP contribution in [0.4, 0.5) is 0 Å². The van der Waals surface area contributed by atoms with Gasteiger partial charge in [0, 0.05) is 16.7 Å². The first-order chi connectivity index (χ1) is 9.97. The van der Waals surface area contributed by atoms with E-state index < -0.39 is 5.92 Å². The lowest BCUT2D eigenvalue weighted by atomic mass is 9.85. The number of fused-ring (bicyclic) bond motifs is 1. The first kappa shape index (κ1) is 15.6. The molecule has 0 saturated heterocycles. The van der Waals surface area contributed by atoms with Gasteiger partial charge in [-0.1, -0.05) is 31.2 Å². The summed E-state index contributed by atoms with van der Waals surface area (Å²) in [6.45, 7) is 3.70. The van der Waals surface area contributed by atoms with Gasteiger partial charge in [-0.15, -0.1) is 0 Å². The molecule has 0 bridgehead atoms. The molecule has 0 heterocycles. The Balaban J connectivity index is 2.32. The topological polar surface area (TPSA) is 60.4 Å². The highest BCUT2D eigenvalue weighted by atomic mass is 79.9. The van der Waals surface area contributed by atoms with Crippen LogP contribution in [0.2, 0.25) is 0 Å². The number of esters is 1. The van der Waals surface area contributed by atoms with Crippen molar-refractivity contribution >= 4 is 33.5 Å². The highest BCUT2D eigenvalue weighted by Crippen LogP contribution is 2.33. The average molecular weight is 351 g/mol. The van der Waals surface area contributed by atoms with Gasteiger partial charge in [-0.05, 0) is 29.3 Å². The minimum Gasteiger partial charge on any atom is -0.466 e. The summed E-state index contributed by atoms with van der Waals surface area (Å²) in [5.74, 6) is -1.29. The van der Waals surface area contributed by atoms with Crippen molar-refractivity contribution in [1.29, 1.82) is 0 Å². The van der Waals surface area contributed by atoms with Gasteiger partial charge in [-0.2, -0.15) is 0 Å². The normalized spacial score (nSPS) is 15.8. The molecule has 4 nitrogen and oxygen atoms in total. The van der Waals surface area contributed by atoms with Crippen molar-refractivity contribution in [3.05, 3.63) is 45.4 Å². The van der Waals surface area contributed by atoms with Crippen molar-refractivity contribution in [2.24, 2.45) is 5.92 Å². The standard InChI is InChI=1S/C16H15BrO4/c1-3-21-16(20)9(2)8-12-13(17)15(19)11-7-5-4-6-10(11)14(12)18/h4-7,9H,3,8H2,1-2H3. The lowest BCUT2D eigenvalue weighted by Crippen LogP contribution is -2.23. The van der Waals surface area contributed by atoms with E-state index in [1.165, 1.54) is 0 Å². The Morgan fingerprint density at radius 1 is 1.19 bits per heavy atom. The fourth-order valence-corrected chi connectivity index (χ4v) is 2.81. The van der Waals surface area contributed by atoms with Crippen LogP contribution in [0.25, 0.3) is 0 Å². The van der Waals surface area contributed by atoms with Crippen LogP contribution < -0.4 is 0 Å². The predicted octanol–water partition coefficient (Wildman–Crippen LogP) is 3.30. The zero-order valence-electron chi connectivity index (χ0n) is 11.8. The third-order valence-corrected chi connectivity index (χ3v) is 4.19. The summed E-state index contributed by atoms with van der Waals surface area (Å²) in [7, 11) is 0. The van der Waals surface area contributed by atoms with E-state index in [1.807, 2.05) is 0 Å². The van der Waals surface area contributed by atoms with Gasteiger partial charge in [-0.25, -0.2) is 0 Å². The highest BCUT2D eigenvalue weighted by molar-refractivity contribution is 9.12. The Morgan fingerprint density at radius 3 is 2.33 bits per heavy atom. The first-order valence-corrected chi connectivity index (χ1v) is 7.50. The summed E-state index contributed by atoms with van der Waals surface area (Å²) in [5, 5.41) is 0. The predicted molar refractivity (Wildman–Crippen MR) is 81.5 cm³/mol. The van der Waals surface area contributed by atoms with Gasteiger partial charge < -0.3 is 4.74 Å². The molecule has 5 heteroatoms. The average Bonchev–Trinajstić information content (AvgIpc) is 2.49. The summed E-state index contributed by atoms with van der Waals surface area (Å²) < 4.78 is 5.18. The molecule has 1 aromatic carbocycles. The molecule has 0 radical (unpaired) electrons. The van der Waals surface area contributed by atoms with E-state index >= 15 is 0 Å². The summed E-state index contributed by atoms with van der Waals surface area (Å²) >= 11 is 3.20. The Bertz CT molecular complexity index is 645. The Kier molecular flexibility index (Phi) is 4.73. The van der Waals surface area contributed by atoms with Crippen LogP contribution in [0.1, 0.15) is 41.0 Å². The van der Waals surface area contributed by atoms with Crippen LogP contribution in [0.15, 0.2) is 34.3 Å². The molecule has 1 aliphatic carbocycles. The van der Waals surface area contributed by atoms with Crippen LogP contribution in [-0.2, 0) is 9.53 Å². The summed E-state index contributed by atoms with van der Waals surface area (Å²) in [6, 6.07) is 6.69. The molecule has 2 rings (SSSR count). The molecule has 1 unspecified atom stereocenters. The lowest BCUT2D eigenvalue weighted by molar-refractivity contribution is -0.147. The number of ether oxygens (including phenoxy) is 1. The second kappa shape index (κ2) is 6.35. The fourth-order valence-electron chi connectivity index (χ4n) is 2.25. The van der Waals surface area contributed by atoms with Crippen LogP contribution in [0.5, 0.6) is 0 Å². The number of hydrogen-bond acceptors (Lipinski definition) is 4. The summed E-state index contributed by atoms with van der Waals surface area (Å²) in [6.07, 6.45) is 0.179. The summed E-state index contributed by atoms with van der Waals surface area (Å²) in [5.41, 5.74) is 1.11. The smallest absolute Gasteiger partial charge is 0.308 e. The van der Waals surface area contributed by atoms with E-state index in [0.717, 1.165) is 0 Å². The van der Waals surface area contributed by atoms with E-state index in [2.05, 4.69) is 15.9 Å². The van der Waals surface area contributed by atoms with Crippen molar-refractivity contribution in [1.82, 2.24) is 0 Å². The molecular weight excluding hydrogens is 336 g/mol. The van der Waals surface area contributed by atoms with Gasteiger partial charge in [0.1, 0.15) is 0 Å². The number of allylic oxidation sites excluding steroid dienone is 2. The van der Waals surface area contributed by atoms with Crippen molar-refractivity contribution < 1.29 is 19.1 Å². The second-order valence-corrected chi connectivity index (χ2v) is 5.65. The number of Topliss-reactive ketones (excluding diaryl/α,β-unsaturated/α-hetero) is 2. The van der Waals surface area contributed by atoms with Gasteiger partial charge in [0.2, 0.25) is 5.78 Å². The summed E-state index contributed by atoms with van der Waals surface area (Å²) in [4.78, 5) is 36.5. The van der Waals surface area contributed by atoms with Gasteiger partial charge in [0.05, 0.1) is 17.0 Å². The molecular formula is C16H15BrO4. The maximum atomic E-state index is 12.5. The lowest BCUT2D eigenvalue weighted by Gasteiger charge is -2.19. The Hall–Kier alpha value is -1.75. The Morgan fingerprint density at radius 2 is 1.76 bits per heavy atom. The van der Waals surface area contributed by atoms with E-state index in [9.17, 15) is 14.4 Å². The van der Waals surface area contributed by atoms with Crippen LogP contribution in [0, 0.1) is 5.92 Å². The van der Waals surface area contributed by atoms with Crippen LogP contribution in [-0.4, -0.2) is 24.1 Å². The number of benzene rings is 1. The molecule has 1 aliphatic rings. The SMILES string of the molecule is CCOC(=O)C(C)CC1=C(Br)C(=O)c2ccccc2C1=O. The molecule has 0 saturated carbocycles. The van der Waals surface area contributed by atoms with E-state index in [1.54, 1.807) is 38.1 Å². The molecule has 21 heavy (non-hydrogen) atoms. The second-order valence-electron chi connectivity index (χ2n) is 4.85. The molecule has 0 aliphatic heterocycles. The zero-order valence-corrected chi connectivity index (χ0v) is 13.4. The van der Waals surface area contributed by atoms with Crippen LogP contribution in [0.3, 0.4) is 0 Å². The van der Waals surface area contributed by atoms with Crippen molar-refractivity contribution in [2.75, 3.05) is 6.61 Å². The number of carbonyl (C=O) groups excluding carboxylic acids is 3. The maximum absolute atomic E-state index is 12.5. The molecule has 110 valence electrons. The fraction of sp³-hybridized carbons (Fsp3) is 0.312. The van der Waals surface area contributed by atoms with E-state index in [4.69, 9.17) is 4.74 Å². The number of carbonyl (C=O) groups is 3. The Labute approximate surface area is 131 Å². The molecule has 1 aromatic rings. The van der Waals surface area contributed by atoms with E-state index in [-0.39, 0.29) is 28.4 Å². The largest absolute Gasteiger partial charge is 0.466 e. The quantitative estimate of drug-likeness (QED) is 0.781. The molecule has 0 aromatic heterocycles. The molecule has 0 N–H and O–H groups in total. The number of rotatable bonds is 4. The molecule has 1 atom stereocenters. The van der Waals surface area contributed by atoms with Crippen LogP contribution >= 0.6 is 15.9 Å². The number of halogens is 1. The van der Waals surface area contributed by atoms with Crippen molar-refractivity contribution in [3.8, 4) is 0 Å². The van der Waals surface area contributed by atoms with Gasteiger partial charge in [-0.3, -0.25) is 14.4 Å². The molecule has 0 amide bonds. The number of ketones is 2. The monoisotopic (exact) mass is 350 g/mol. The maximum Gasteiger partial charge on any atom is 0.308 e. The minimum absolute atomic E-state index is 0.179. The van der Waals surface area contributed by atoms with Crippen molar-refractivity contribution in [2.45, 2.75) is 20.3 Å². The van der Waals surface area contributed by atoms with Gasteiger partial charge in [0.25, 0.3) is 0 Å². The van der Waals surface area contributed by atoms with Crippen molar-refractivity contribution in [3.63, 3.8) is 0 Å². The highest BCUT2D eigenvalue weighted by Gasteiger charge is 2.32. The first-order valence-electron chi connectivity index (χ1n) is 6.71. The minimum atomic E-state index is -0.477. The molecule has 0 fully saturated rings. The zero-order chi connectivity index (χ0) is 15.6. The third-order valence-electron chi connectivity index (χ3n) is 3.35. The van der Waals surface area contributed by atoms with Gasteiger partial charge >= 0.3 is 5.97 Å². The third kappa shape index (κ3) is 2.97.